The first-order valence-corrected chi connectivity index (χ1v) is 4.74. The molecule has 1 unspecified atom stereocenters. The second-order valence-electron chi connectivity index (χ2n) is 3.50. The zero-order valence-electron chi connectivity index (χ0n) is 8.68. The first-order chi connectivity index (χ1) is 5.57. The summed E-state index contributed by atoms with van der Waals surface area (Å²) in [6, 6.07) is 0. The number of ketones is 1. The van der Waals surface area contributed by atoms with Gasteiger partial charge in [-0.2, -0.15) is 0 Å². The summed E-state index contributed by atoms with van der Waals surface area (Å²) in [5, 5.41) is 0. The highest BCUT2D eigenvalue weighted by Crippen LogP contribution is 2.14. The molecule has 0 N–H and O–H groups in total. The highest BCUT2D eigenvalue weighted by atomic mass is 16.1. The Kier molecular flexibility index (Phi) is 5.69. The lowest BCUT2D eigenvalue weighted by Crippen LogP contribution is -1.94. The molecule has 0 aromatic rings. The lowest BCUT2D eigenvalue weighted by atomic mass is 9.98. The summed E-state index contributed by atoms with van der Waals surface area (Å²) in [6.07, 6.45) is 4.97. The average molecular weight is 168 g/mol. The van der Waals surface area contributed by atoms with Crippen molar-refractivity contribution in [2.45, 2.75) is 47.0 Å². The van der Waals surface area contributed by atoms with Gasteiger partial charge in [0.2, 0.25) is 0 Å². The van der Waals surface area contributed by atoms with Gasteiger partial charge in [-0.1, -0.05) is 25.5 Å². The van der Waals surface area contributed by atoms with Crippen molar-refractivity contribution in [3.8, 4) is 0 Å². The largest absolute Gasteiger partial charge is 0.300 e. The number of hydrogen-bond acceptors (Lipinski definition) is 1. The molecule has 0 spiro atoms. The van der Waals surface area contributed by atoms with Crippen molar-refractivity contribution in [3.63, 3.8) is 0 Å². The van der Waals surface area contributed by atoms with Gasteiger partial charge < -0.3 is 4.79 Å². The molecule has 1 atom stereocenters. The van der Waals surface area contributed by atoms with Gasteiger partial charge >= 0.3 is 0 Å². The quantitative estimate of drug-likeness (QED) is 0.575. The Morgan fingerprint density at radius 3 is 2.42 bits per heavy atom. The van der Waals surface area contributed by atoms with Crippen LogP contribution in [0.4, 0.5) is 0 Å². The van der Waals surface area contributed by atoms with Crippen LogP contribution in [0, 0.1) is 5.92 Å². The van der Waals surface area contributed by atoms with Gasteiger partial charge in [0.15, 0.2) is 0 Å². The smallest absolute Gasteiger partial charge is 0.130 e. The van der Waals surface area contributed by atoms with Crippen molar-refractivity contribution < 1.29 is 4.79 Å². The molecular weight excluding hydrogens is 148 g/mol. The Bertz CT molecular complexity index is 168. The predicted octanol–water partition coefficient (Wildman–Crippen LogP) is 3.35. The van der Waals surface area contributed by atoms with Crippen molar-refractivity contribution in [2.75, 3.05) is 0 Å². The fourth-order valence-electron chi connectivity index (χ4n) is 1.03. The van der Waals surface area contributed by atoms with E-state index in [4.69, 9.17) is 0 Å². The minimum absolute atomic E-state index is 0.281. The summed E-state index contributed by atoms with van der Waals surface area (Å²) in [6.45, 7) is 8.20. The third-order valence-electron chi connectivity index (χ3n) is 2.35. The van der Waals surface area contributed by atoms with Crippen LogP contribution in [0.2, 0.25) is 0 Å². The highest BCUT2D eigenvalue weighted by molar-refractivity contribution is 5.75. The van der Waals surface area contributed by atoms with Gasteiger partial charge in [0.25, 0.3) is 0 Å². The van der Waals surface area contributed by atoms with Crippen molar-refractivity contribution in [1.82, 2.24) is 0 Å². The number of carbonyl (C=O) groups excluding carboxylic acids is 1. The zero-order valence-corrected chi connectivity index (χ0v) is 8.68. The molecule has 0 saturated heterocycles. The average Bonchev–Trinajstić information content (AvgIpc) is 2.02. The van der Waals surface area contributed by atoms with E-state index in [0.717, 1.165) is 6.42 Å². The van der Waals surface area contributed by atoms with Crippen LogP contribution >= 0.6 is 0 Å². The van der Waals surface area contributed by atoms with Crippen molar-refractivity contribution in [3.05, 3.63) is 11.6 Å². The maximum absolute atomic E-state index is 10.6. The highest BCUT2D eigenvalue weighted by Gasteiger charge is 1.99. The van der Waals surface area contributed by atoms with Crippen molar-refractivity contribution >= 4 is 5.78 Å². The Morgan fingerprint density at radius 1 is 1.42 bits per heavy atom. The van der Waals surface area contributed by atoms with Gasteiger partial charge in [-0.25, -0.2) is 0 Å². The Labute approximate surface area is 75.9 Å². The summed E-state index contributed by atoms with van der Waals surface area (Å²) < 4.78 is 0. The minimum atomic E-state index is 0.281. The van der Waals surface area contributed by atoms with E-state index in [1.54, 1.807) is 6.92 Å². The van der Waals surface area contributed by atoms with E-state index in [1.165, 1.54) is 12.0 Å². The molecule has 1 nitrogen and oxygen atoms in total. The summed E-state index contributed by atoms with van der Waals surface area (Å²) in [5.74, 6) is 0.945. The molecule has 0 aromatic carbocycles. The normalized spacial score (nSPS) is 14.5. The van der Waals surface area contributed by atoms with Gasteiger partial charge in [-0.05, 0) is 32.6 Å². The van der Waals surface area contributed by atoms with E-state index in [-0.39, 0.29) is 5.78 Å². The SMILES string of the molecule is CCC(C)C(C)=CCCC(C)=O. The summed E-state index contributed by atoms with van der Waals surface area (Å²) in [4.78, 5) is 10.6. The van der Waals surface area contributed by atoms with E-state index in [1.807, 2.05) is 0 Å². The monoisotopic (exact) mass is 168 g/mol. The first-order valence-electron chi connectivity index (χ1n) is 4.74. The van der Waals surface area contributed by atoms with Crippen molar-refractivity contribution in [2.24, 2.45) is 5.92 Å². The van der Waals surface area contributed by atoms with Crippen LogP contribution in [0.3, 0.4) is 0 Å². The first kappa shape index (κ1) is 11.4. The fourth-order valence-corrected chi connectivity index (χ4v) is 1.03. The number of rotatable bonds is 5. The van der Waals surface area contributed by atoms with Crippen LogP contribution in [0.1, 0.15) is 47.0 Å². The molecule has 0 rings (SSSR count). The van der Waals surface area contributed by atoms with Gasteiger partial charge in [0.05, 0.1) is 0 Å². The predicted molar refractivity (Wildman–Crippen MR) is 53.1 cm³/mol. The molecule has 0 aromatic heterocycles. The number of carbonyl (C=O) groups is 1. The van der Waals surface area contributed by atoms with Crippen LogP contribution in [0.15, 0.2) is 11.6 Å². The molecule has 12 heavy (non-hydrogen) atoms. The molecule has 0 bridgehead atoms. The third-order valence-corrected chi connectivity index (χ3v) is 2.35. The summed E-state index contributed by atoms with van der Waals surface area (Å²) in [5.41, 5.74) is 1.42. The van der Waals surface area contributed by atoms with Crippen LogP contribution in [-0.2, 0) is 4.79 Å². The standard InChI is InChI=1S/C11H20O/c1-5-9(2)10(3)7-6-8-11(4)12/h7,9H,5-6,8H2,1-4H3. The molecule has 1 heteroatoms. The van der Waals surface area contributed by atoms with Gasteiger partial charge in [-0.3, -0.25) is 0 Å². The Morgan fingerprint density at radius 2 is 2.00 bits per heavy atom. The molecule has 0 fully saturated rings. The summed E-state index contributed by atoms with van der Waals surface area (Å²) >= 11 is 0. The third kappa shape index (κ3) is 5.11. The topological polar surface area (TPSA) is 17.1 Å². The lowest BCUT2D eigenvalue weighted by molar-refractivity contribution is -0.116. The maximum Gasteiger partial charge on any atom is 0.130 e. The van der Waals surface area contributed by atoms with Crippen LogP contribution in [-0.4, -0.2) is 5.78 Å². The molecular formula is C11H20O. The Hall–Kier alpha value is -0.590. The minimum Gasteiger partial charge on any atom is -0.300 e. The maximum atomic E-state index is 10.6. The molecule has 0 saturated carbocycles. The molecule has 0 radical (unpaired) electrons. The van der Waals surface area contributed by atoms with Gasteiger partial charge in [0.1, 0.15) is 5.78 Å². The molecule has 0 aliphatic heterocycles. The molecule has 0 heterocycles. The number of allylic oxidation sites excluding steroid dienone is 2. The summed E-state index contributed by atoms with van der Waals surface area (Å²) in [7, 11) is 0. The molecule has 70 valence electrons. The van der Waals surface area contributed by atoms with E-state index in [0.29, 0.717) is 12.3 Å². The van der Waals surface area contributed by atoms with E-state index >= 15 is 0 Å². The van der Waals surface area contributed by atoms with Gasteiger partial charge in [-0.15, -0.1) is 0 Å². The zero-order chi connectivity index (χ0) is 9.56. The molecule has 0 aliphatic rings. The van der Waals surface area contributed by atoms with E-state index in [9.17, 15) is 4.79 Å². The van der Waals surface area contributed by atoms with Crippen LogP contribution in [0.25, 0.3) is 0 Å². The second-order valence-corrected chi connectivity index (χ2v) is 3.50. The van der Waals surface area contributed by atoms with Crippen molar-refractivity contribution in [1.29, 1.82) is 0 Å². The second kappa shape index (κ2) is 5.99. The lowest BCUT2D eigenvalue weighted by Gasteiger charge is -2.08. The number of hydrogen-bond donors (Lipinski definition) is 0. The molecule has 0 amide bonds. The fraction of sp³-hybridized carbons (Fsp3) is 0.727. The number of Topliss-reactive ketones (excluding diaryl/α,β-unsaturated/α-hetero) is 1. The van der Waals surface area contributed by atoms with Crippen LogP contribution in [0.5, 0.6) is 0 Å². The van der Waals surface area contributed by atoms with Gasteiger partial charge in [0, 0.05) is 6.42 Å². The van der Waals surface area contributed by atoms with Crippen LogP contribution < -0.4 is 0 Å². The molecule has 0 aliphatic carbocycles. The Balaban J connectivity index is 3.76. The van der Waals surface area contributed by atoms with E-state index in [2.05, 4.69) is 26.8 Å². The van der Waals surface area contributed by atoms with E-state index < -0.39 is 0 Å².